The second kappa shape index (κ2) is 7.08. The van der Waals surface area contributed by atoms with E-state index in [0.29, 0.717) is 16.9 Å². The van der Waals surface area contributed by atoms with Crippen molar-refractivity contribution in [3.63, 3.8) is 0 Å². The number of amides is 1. The number of hydrogen-bond donors (Lipinski definition) is 1. The molecule has 1 aliphatic heterocycles. The van der Waals surface area contributed by atoms with Crippen LogP contribution in [0.3, 0.4) is 0 Å². The van der Waals surface area contributed by atoms with Gasteiger partial charge in [-0.3, -0.25) is 4.79 Å². The Morgan fingerprint density at radius 3 is 2.67 bits per heavy atom. The van der Waals surface area contributed by atoms with Gasteiger partial charge in [0.15, 0.2) is 0 Å². The lowest BCUT2D eigenvalue weighted by Gasteiger charge is -2.15. The average molecular weight is 326 g/mol. The number of rotatable bonds is 4. The molecule has 1 aliphatic rings. The Morgan fingerprint density at radius 1 is 1.17 bits per heavy atom. The molecule has 2 heterocycles. The van der Waals surface area contributed by atoms with E-state index in [2.05, 4.69) is 15.3 Å². The Labute approximate surface area is 139 Å². The maximum Gasteiger partial charge on any atom is 0.339 e. The molecule has 7 heteroatoms. The number of esters is 1. The minimum atomic E-state index is -0.456. The second-order valence-electron chi connectivity index (χ2n) is 5.43. The molecule has 124 valence electrons. The molecule has 3 rings (SSSR count). The van der Waals surface area contributed by atoms with E-state index in [4.69, 9.17) is 4.74 Å². The summed E-state index contributed by atoms with van der Waals surface area (Å²) in [6, 6.07) is 8.50. The Bertz CT molecular complexity index is 757. The number of likely N-dealkylation sites (tertiary alicyclic amines) is 1. The van der Waals surface area contributed by atoms with Gasteiger partial charge in [0.1, 0.15) is 5.69 Å². The van der Waals surface area contributed by atoms with Gasteiger partial charge in [-0.15, -0.1) is 0 Å². The van der Waals surface area contributed by atoms with Gasteiger partial charge in [-0.25, -0.2) is 14.8 Å². The summed E-state index contributed by atoms with van der Waals surface area (Å²) in [4.78, 5) is 34.4. The van der Waals surface area contributed by atoms with E-state index < -0.39 is 5.97 Å². The monoisotopic (exact) mass is 326 g/mol. The molecule has 1 aromatic carbocycles. The number of nitrogens with one attached hydrogen (secondary N) is 1. The number of hydrogen-bond acceptors (Lipinski definition) is 6. The fourth-order valence-corrected chi connectivity index (χ4v) is 2.62. The van der Waals surface area contributed by atoms with Crippen LogP contribution in [0.1, 0.15) is 33.7 Å². The molecule has 0 bridgehead atoms. The molecule has 24 heavy (non-hydrogen) atoms. The first kappa shape index (κ1) is 15.9. The number of carbonyl (C=O) groups is 2. The molecule has 1 fully saturated rings. The van der Waals surface area contributed by atoms with Gasteiger partial charge >= 0.3 is 5.97 Å². The molecular formula is C17H18N4O3. The predicted molar refractivity (Wildman–Crippen MR) is 88.2 cm³/mol. The summed E-state index contributed by atoms with van der Waals surface area (Å²) in [6.45, 7) is 1.52. The largest absolute Gasteiger partial charge is 0.465 e. The lowest BCUT2D eigenvalue weighted by atomic mass is 10.2. The molecule has 1 saturated heterocycles. The van der Waals surface area contributed by atoms with E-state index in [1.165, 1.54) is 13.3 Å². The summed E-state index contributed by atoms with van der Waals surface area (Å²) in [7, 11) is 1.32. The fourth-order valence-electron chi connectivity index (χ4n) is 2.62. The van der Waals surface area contributed by atoms with Gasteiger partial charge in [-0.1, -0.05) is 12.1 Å². The molecule has 7 nitrogen and oxygen atoms in total. The van der Waals surface area contributed by atoms with Crippen LogP contribution in [0.25, 0.3) is 0 Å². The van der Waals surface area contributed by atoms with Crippen molar-refractivity contribution in [1.29, 1.82) is 0 Å². The standard InChI is InChI=1S/C17H18N4O3/c1-24-16(23)12-6-2-3-7-13(12)19-17-18-9-8-14(20-17)15(22)21-10-4-5-11-21/h2-3,6-9H,4-5,10-11H2,1H3,(H,18,19,20). The third-order valence-electron chi connectivity index (χ3n) is 3.85. The van der Waals surface area contributed by atoms with Crippen molar-refractivity contribution in [3.8, 4) is 0 Å². The highest BCUT2D eigenvalue weighted by molar-refractivity contribution is 5.96. The first-order valence-corrected chi connectivity index (χ1v) is 7.76. The van der Waals surface area contributed by atoms with Crippen molar-refractivity contribution in [2.45, 2.75) is 12.8 Å². The van der Waals surface area contributed by atoms with Crippen molar-refractivity contribution >= 4 is 23.5 Å². The second-order valence-corrected chi connectivity index (χ2v) is 5.43. The first-order valence-electron chi connectivity index (χ1n) is 7.76. The first-order chi connectivity index (χ1) is 11.7. The zero-order valence-electron chi connectivity index (χ0n) is 13.4. The highest BCUT2D eigenvalue weighted by Crippen LogP contribution is 2.20. The number of ether oxygens (including phenoxy) is 1. The van der Waals surface area contributed by atoms with Crippen LogP contribution < -0.4 is 5.32 Å². The zero-order chi connectivity index (χ0) is 16.9. The lowest BCUT2D eigenvalue weighted by molar-refractivity contribution is 0.0601. The number of benzene rings is 1. The molecule has 0 atom stereocenters. The van der Waals surface area contributed by atoms with Crippen molar-refractivity contribution in [2.24, 2.45) is 0 Å². The van der Waals surface area contributed by atoms with Gasteiger partial charge in [0.25, 0.3) is 5.91 Å². The van der Waals surface area contributed by atoms with E-state index in [0.717, 1.165) is 25.9 Å². The normalized spacial score (nSPS) is 13.6. The van der Waals surface area contributed by atoms with Crippen molar-refractivity contribution in [3.05, 3.63) is 47.8 Å². The zero-order valence-corrected chi connectivity index (χ0v) is 13.4. The molecule has 0 aliphatic carbocycles. The van der Waals surface area contributed by atoms with E-state index in [1.54, 1.807) is 35.2 Å². The van der Waals surface area contributed by atoms with Crippen molar-refractivity contribution in [1.82, 2.24) is 14.9 Å². The maximum absolute atomic E-state index is 12.4. The van der Waals surface area contributed by atoms with Crippen LogP contribution in [0, 0.1) is 0 Å². The molecule has 0 unspecified atom stereocenters. The smallest absolute Gasteiger partial charge is 0.339 e. The van der Waals surface area contributed by atoms with E-state index in [9.17, 15) is 9.59 Å². The van der Waals surface area contributed by atoms with Crippen LogP contribution in [0.5, 0.6) is 0 Å². The van der Waals surface area contributed by atoms with Crippen LogP contribution >= 0.6 is 0 Å². The fraction of sp³-hybridized carbons (Fsp3) is 0.294. The third kappa shape index (κ3) is 3.34. The summed E-state index contributed by atoms with van der Waals surface area (Å²) in [5.41, 5.74) is 1.24. The molecule has 0 spiro atoms. The SMILES string of the molecule is COC(=O)c1ccccc1Nc1nccc(C(=O)N2CCCC2)n1. The number of carbonyl (C=O) groups excluding carboxylic acids is 2. The predicted octanol–water partition coefficient (Wildman–Crippen LogP) is 2.24. The Balaban J connectivity index is 1.83. The summed E-state index contributed by atoms with van der Waals surface area (Å²) in [5.74, 6) is -0.294. The van der Waals surface area contributed by atoms with E-state index in [1.807, 2.05) is 0 Å². The number of nitrogens with zero attached hydrogens (tertiary/aromatic N) is 3. The highest BCUT2D eigenvalue weighted by Gasteiger charge is 2.21. The molecule has 0 saturated carbocycles. The summed E-state index contributed by atoms with van der Waals surface area (Å²) >= 11 is 0. The quantitative estimate of drug-likeness (QED) is 0.868. The summed E-state index contributed by atoms with van der Waals surface area (Å²) in [6.07, 6.45) is 3.57. The Morgan fingerprint density at radius 2 is 1.92 bits per heavy atom. The minimum Gasteiger partial charge on any atom is -0.465 e. The minimum absolute atomic E-state index is 0.0980. The van der Waals surface area contributed by atoms with Crippen LogP contribution in [0.2, 0.25) is 0 Å². The van der Waals surface area contributed by atoms with Crippen LogP contribution in [0.4, 0.5) is 11.6 Å². The van der Waals surface area contributed by atoms with Gasteiger partial charge in [0, 0.05) is 19.3 Å². The summed E-state index contributed by atoms with van der Waals surface area (Å²) in [5, 5.41) is 2.98. The van der Waals surface area contributed by atoms with E-state index >= 15 is 0 Å². The van der Waals surface area contributed by atoms with Crippen LogP contribution in [-0.4, -0.2) is 46.9 Å². The van der Waals surface area contributed by atoms with E-state index in [-0.39, 0.29) is 11.9 Å². The van der Waals surface area contributed by atoms with Crippen molar-refractivity contribution in [2.75, 3.05) is 25.5 Å². The molecular weight excluding hydrogens is 308 g/mol. The van der Waals surface area contributed by atoms with Gasteiger partial charge in [-0.05, 0) is 31.0 Å². The molecule has 2 aromatic rings. The molecule has 1 aromatic heterocycles. The maximum atomic E-state index is 12.4. The van der Waals surface area contributed by atoms with Gasteiger partial charge < -0.3 is 15.0 Å². The number of aromatic nitrogens is 2. The molecule has 1 amide bonds. The Hall–Kier alpha value is -2.96. The van der Waals surface area contributed by atoms with Crippen molar-refractivity contribution < 1.29 is 14.3 Å². The number of methoxy groups -OCH3 is 1. The average Bonchev–Trinajstić information content (AvgIpc) is 3.16. The van der Waals surface area contributed by atoms with Crippen LogP contribution in [-0.2, 0) is 4.74 Å². The Kier molecular flexibility index (Phi) is 4.69. The molecule has 1 N–H and O–H groups in total. The number of para-hydroxylation sites is 1. The third-order valence-corrected chi connectivity index (χ3v) is 3.85. The van der Waals surface area contributed by atoms with Gasteiger partial charge in [0.2, 0.25) is 5.95 Å². The van der Waals surface area contributed by atoms with Gasteiger partial charge in [0.05, 0.1) is 18.4 Å². The molecule has 0 radical (unpaired) electrons. The summed E-state index contributed by atoms with van der Waals surface area (Å²) < 4.78 is 4.76. The van der Waals surface area contributed by atoms with Crippen LogP contribution in [0.15, 0.2) is 36.5 Å². The lowest BCUT2D eigenvalue weighted by Crippen LogP contribution is -2.28. The van der Waals surface area contributed by atoms with Gasteiger partial charge in [-0.2, -0.15) is 0 Å². The topological polar surface area (TPSA) is 84.4 Å². The highest BCUT2D eigenvalue weighted by atomic mass is 16.5. The number of anilines is 2.